The summed E-state index contributed by atoms with van der Waals surface area (Å²) >= 11 is 0. The molecule has 1 fully saturated rings. The molecule has 1 aromatic rings. The Morgan fingerprint density at radius 3 is 2.57 bits per heavy atom. The monoisotopic (exact) mass is 314 g/mol. The zero-order chi connectivity index (χ0) is 15.3. The Hall–Kier alpha value is -1.35. The number of rotatable bonds is 6. The molecular weight excluding hydrogens is 292 g/mol. The van der Waals surface area contributed by atoms with Crippen LogP contribution in [0.5, 0.6) is 5.75 Å². The number of hydrogen-bond donors (Lipinski definition) is 2. The van der Waals surface area contributed by atoms with E-state index in [4.69, 9.17) is 10.5 Å². The highest BCUT2D eigenvalue weighted by Crippen LogP contribution is 2.19. The van der Waals surface area contributed by atoms with E-state index in [1.165, 1.54) is 0 Å². The molecule has 1 heterocycles. The van der Waals surface area contributed by atoms with Gasteiger partial charge >= 0.3 is 0 Å². The van der Waals surface area contributed by atoms with Gasteiger partial charge in [0, 0.05) is 26.2 Å². The van der Waals surface area contributed by atoms with Crippen molar-refractivity contribution < 1.29 is 13.2 Å². The molecule has 3 N–H and O–H groups in total. The summed E-state index contributed by atoms with van der Waals surface area (Å²) in [4.78, 5) is 4.74. The lowest BCUT2D eigenvalue weighted by Gasteiger charge is -2.32. The van der Waals surface area contributed by atoms with Crippen LogP contribution in [0.3, 0.4) is 0 Å². The smallest absolute Gasteiger partial charge is 0.227 e. The Labute approximate surface area is 125 Å². The van der Waals surface area contributed by atoms with E-state index in [1.807, 2.05) is 7.05 Å². The van der Waals surface area contributed by atoms with E-state index in [0.717, 1.165) is 13.1 Å². The molecule has 0 radical (unpaired) electrons. The van der Waals surface area contributed by atoms with Gasteiger partial charge in [0.05, 0.1) is 11.4 Å². The van der Waals surface area contributed by atoms with E-state index in [2.05, 4.69) is 9.73 Å². The lowest BCUT2D eigenvalue weighted by atomic mass is 10.3. The highest BCUT2D eigenvalue weighted by Gasteiger charge is 2.19. The van der Waals surface area contributed by atoms with E-state index < -0.39 is 10.0 Å². The first-order valence-corrected chi connectivity index (χ1v) is 8.52. The van der Waals surface area contributed by atoms with Crippen molar-refractivity contribution in [2.75, 3.05) is 51.3 Å². The van der Waals surface area contributed by atoms with Crippen LogP contribution in [0.15, 0.2) is 24.3 Å². The van der Waals surface area contributed by atoms with Gasteiger partial charge in [0.2, 0.25) is 10.0 Å². The molecule has 0 bridgehead atoms. The predicted molar refractivity (Wildman–Crippen MR) is 82.3 cm³/mol. The van der Waals surface area contributed by atoms with Gasteiger partial charge in [-0.25, -0.2) is 13.4 Å². The van der Waals surface area contributed by atoms with E-state index in [1.54, 1.807) is 29.3 Å². The second-order valence-corrected chi connectivity index (χ2v) is 6.91. The van der Waals surface area contributed by atoms with Crippen molar-refractivity contribution in [2.24, 2.45) is 0 Å². The molecule has 0 saturated carbocycles. The van der Waals surface area contributed by atoms with Crippen LogP contribution in [-0.2, 0) is 10.0 Å². The average molecular weight is 314 g/mol. The van der Waals surface area contributed by atoms with Crippen LogP contribution in [0.4, 0.5) is 5.69 Å². The number of hydrazine groups is 1. The maximum Gasteiger partial charge on any atom is 0.227 e. The minimum atomic E-state index is -3.39. The minimum absolute atomic E-state index is 0.0668. The van der Waals surface area contributed by atoms with Crippen molar-refractivity contribution in [2.45, 2.75) is 0 Å². The number of anilines is 1. The van der Waals surface area contributed by atoms with Gasteiger partial charge in [-0.05, 0) is 19.2 Å². The topological polar surface area (TPSA) is 87.9 Å². The second kappa shape index (κ2) is 7.08. The molecule has 1 aliphatic heterocycles. The first-order chi connectivity index (χ1) is 9.96. The van der Waals surface area contributed by atoms with Gasteiger partial charge in [-0.1, -0.05) is 12.1 Å². The Balaban J connectivity index is 1.78. The summed E-state index contributed by atoms with van der Waals surface area (Å²) in [5.74, 6) is 0.403. The largest absolute Gasteiger partial charge is 0.490 e. The summed E-state index contributed by atoms with van der Waals surface area (Å²) in [5, 5.41) is 1.73. The number of nitrogens with zero attached hydrogens (tertiary/aromatic N) is 2. The SMILES string of the molecule is CN1CCN(NS(=O)(=O)CCOc2ccccc2N)CC1. The maximum absolute atomic E-state index is 12.0. The summed E-state index contributed by atoms with van der Waals surface area (Å²) in [7, 11) is -1.37. The number of nitrogen functional groups attached to an aromatic ring is 1. The van der Waals surface area contributed by atoms with Crippen LogP contribution in [0.2, 0.25) is 0 Å². The van der Waals surface area contributed by atoms with Gasteiger partial charge in [-0.2, -0.15) is 0 Å². The van der Waals surface area contributed by atoms with Crippen molar-refractivity contribution in [3.63, 3.8) is 0 Å². The second-order valence-electron chi connectivity index (χ2n) is 5.09. The van der Waals surface area contributed by atoms with Gasteiger partial charge in [0.25, 0.3) is 0 Å². The number of sulfonamides is 1. The number of nitrogens with two attached hydrogens (primary N) is 1. The molecule has 1 saturated heterocycles. The predicted octanol–water partition coefficient (Wildman–Crippen LogP) is -0.271. The highest BCUT2D eigenvalue weighted by atomic mass is 32.2. The van der Waals surface area contributed by atoms with Gasteiger partial charge in [-0.3, -0.25) is 0 Å². The summed E-state index contributed by atoms with van der Waals surface area (Å²) < 4.78 is 29.4. The lowest BCUT2D eigenvalue weighted by molar-refractivity contribution is 0.134. The van der Waals surface area contributed by atoms with Crippen LogP contribution >= 0.6 is 0 Å². The van der Waals surface area contributed by atoms with Crippen LogP contribution in [-0.4, -0.2) is 63.9 Å². The molecule has 0 spiro atoms. The van der Waals surface area contributed by atoms with Gasteiger partial charge in [0.15, 0.2) is 0 Å². The quantitative estimate of drug-likeness (QED) is 0.703. The summed E-state index contributed by atoms with van der Waals surface area (Å²) in [6.45, 7) is 3.13. The summed E-state index contributed by atoms with van der Waals surface area (Å²) in [6, 6.07) is 7.03. The zero-order valence-corrected chi connectivity index (χ0v) is 13.0. The summed E-state index contributed by atoms with van der Waals surface area (Å²) in [6.07, 6.45) is 0. The molecule has 0 aliphatic carbocycles. The highest BCUT2D eigenvalue weighted by molar-refractivity contribution is 7.89. The van der Waals surface area contributed by atoms with Crippen molar-refractivity contribution in [3.05, 3.63) is 24.3 Å². The van der Waals surface area contributed by atoms with E-state index in [0.29, 0.717) is 24.5 Å². The third-order valence-electron chi connectivity index (χ3n) is 3.30. The number of hydrogen-bond acceptors (Lipinski definition) is 6. The van der Waals surface area contributed by atoms with E-state index >= 15 is 0 Å². The molecular formula is C13H22N4O3S. The Morgan fingerprint density at radius 2 is 1.90 bits per heavy atom. The molecule has 0 aromatic heterocycles. The minimum Gasteiger partial charge on any atom is -0.490 e. The van der Waals surface area contributed by atoms with Crippen molar-refractivity contribution in [1.29, 1.82) is 0 Å². The number of nitrogens with one attached hydrogen (secondary N) is 1. The number of piperazine rings is 1. The standard InChI is InChI=1S/C13H22N4O3S/c1-16-6-8-17(9-7-16)15-21(18,19)11-10-20-13-5-3-2-4-12(13)14/h2-5,15H,6-11,14H2,1H3. The number of benzene rings is 1. The molecule has 0 amide bonds. The zero-order valence-electron chi connectivity index (χ0n) is 12.2. The first-order valence-electron chi connectivity index (χ1n) is 6.87. The fraction of sp³-hybridized carbons (Fsp3) is 0.538. The lowest BCUT2D eigenvalue weighted by Crippen LogP contribution is -2.53. The number of likely N-dealkylation sites (N-methyl/N-ethyl adjacent to an activating group) is 1. The third kappa shape index (κ3) is 5.16. The fourth-order valence-electron chi connectivity index (χ4n) is 2.01. The molecule has 0 atom stereocenters. The number of ether oxygens (including phenoxy) is 1. The molecule has 21 heavy (non-hydrogen) atoms. The van der Waals surface area contributed by atoms with Gasteiger partial charge in [0.1, 0.15) is 12.4 Å². The van der Waals surface area contributed by atoms with E-state index in [9.17, 15) is 8.42 Å². The number of para-hydroxylation sites is 2. The molecule has 1 aliphatic rings. The molecule has 118 valence electrons. The Bertz CT molecular complexity index is 556. The first kappa shape index (κ1) is 16.0. The van der Waals surface area contributed by atoms with Crippen molar-refractivity contribution in [1.82, 2.24) is 14.7 Å². The molecule has 1 aromatic carbocycles. The Morgan fingerprint density at radius 1 is 1.24 bits per heavy atom. The van der Waals surface area contributed by atoms with Crippen LogP contribution in [0.1, 0.15) is 0 Å². The van der Waals surface area contributed by atoms with Crippen molar-refractivity contribution in [3.8, 4) is 5.75 Å². The van der Waals surface area contributed by atoms with Crippen LogP contribution < -0.4 is 15.3 Å². The van der Waals surface area contributed by atoms with Gasteiger partial charge < -0.3 is 15.4 Å². The van der Waals surface area contributed by atoms with E-state index in [-0.39, 0.29) is 12.4 Å². The summed E-state index contributed by atoms with van der Waals surface area (Å²) in [5.41, 5.74) is 6.23. The van der Waals surface area contributed by atoms with Gasteiger partial charge in [-0.15, -0.1) is 4.83 Å². The fourth-order valence-corrected chi connectivity index (χ4v) is 2.98. The normalized spacial score (nSPS) is 17.8. The molecule has 7 nitrogen and oxygen atoms in total. The molecule has 8 heteroatoms. The average Bonchev–Trinajstić information content (AvgIpc) is 2.43. The maximum atomic E-state index is 12.0. The molecule has 0 unspecified atom stereocenters. The van der Waals surface area contributed by atoms with Crippen LogP contribution in [0.25, 0.3) is 0 Å². The van der Waals surface area contributed by atoms with Crippen LogP contribution in [0, 0.1) is 0 Å². The molecule has 2 rings (SSSR count). The van der Waals surface area contributed by atoms with Crippen molar-refractivity contribution >= 4 is 15.7 Å². The Kier molecular flexibility index (Phi) is 5.40. The third-order valence-corrected chi connectivity index (χ3v) is 4.54.